The lowest BCUT2D eigenvalue weighted by molar-refractivity contribution is -0.121. The molecular weight excluding hydrogens is 392 g/mol. The Balaban J connectivity index is 1.56. The average molecular weight is 409 g/mol. The number of hydrogen-bond donors (Lipinski definition) is 1. The zero-order chi connectivity index (χ0) is 20.5. The highest BCUT2D eigenvalue weighted by atomic mass is 35.5. The molecule has 2 heterocycles. The van der Waals surface area contributed by atoms with Gasteiger partial charge in [0, 0.05) is 29.5 Å². The van der Waals surface area contributed by atoms with Gasteiger partial charge in [-0.1, -0.05) is 17.7 Å². The van der Waals surface area contributed by atoms with Gasteiger partial charge in [0.2, 0.25) is 11.8 Å². The van der Waals surface area contributed by atoms with E-state index >= 15 is 0 Å². The largest absolute Gasteiger partial charge is 0.306 e. The van der Waals surface area contributed by atoms with Crippen LogP contribution in [-0.4, -0.2) is 27.5 Å². The van der Waals surface area contributed by atoms with Crippen molar-refractivity contribution in [3.63, 3.8) is 0 Å². The van der Waals surface area contributed by atoms with Crippen LogP contribution in [0.4, 0.5) is 11.5 Å². The van der Waals surface area contributed by atoms with E-state index in [4.69, 9.17) is 11.6 Å². The molecule has 3 aromatic rings. The molecule has 0 unspecified atom stereocenters. The summed E-state index contributed by atoms with van der Waals surface area (Å²) in [4.78, 5) is 37.6. The number of nitrogens with one attached hydrogen (secondary N) is 1. The molecular formula is C21H17ClN4O3. The first-order valence-electron chi connectivity index (χ1n) is 9.02. The van der Waals surface area contributed by atoms with E-state index in [-0.39, 0.29) is 30.6 Å². The first kappa shape index (κ1) is 18.9. The Kier molecular flexibility index (Phi) is 4.90. The van der Waals surface area contributed by atoms with Crippen molar-refractivity contribution in [2.75, 3.05) is 10.2 Å². The lowest BCUT2D eigenvalue weighted by Gasteiger charge is -2.14. The summed E-state index contributed by atoms with van der Waals surface area (Å²) < 4.78 is 1.61. The first-order valence-corrected chi connectivity index (χ1v) is 9.40. The van der Waals surface area contributed by atoms with Crippen LogP contribution >= 0.6 is 11.6 Å². The van der Waals surface area contributed by atoms with Gasteiger partial charge in [-0.15, -0.1) is 0 Å². The van der Waals surface area contributed by atoms with Gasteiger partial charge in [-0.25, -0.2) is 4.68 Å². The third-order valence-corrected chi connectivity index (χ3v) is 4.80. The Hall–Kier alpha value is -3.45. The van der Waals surface area contributed by atoms with Crippen molar-refractivity contribution in [3.8, 4) is 5.69 Å². The number of imide groups is 1. The molecule has 2 aromatic carbocycles. The standard InChI is InChI=1S/C21H17ClN4O3/c1-13-11-18(26(24-13)17-4-2-3-15(22)12-17)23-21(29)14-5-7-16(8-6-14)25-19(27)9-10-20(25)28/h2-8,11-12H,9-10H2,1H3,(H,23,29). The van der Waals surface area contributed by atoms with E-state index in [9.17, 15) is 14.4 Å². The van der Waals surface area contributed by atoms with Crippen LogP contribution in [-0.2, 0) is 9.59 Å². The molecule has 0 radical (unpaired) electrons. The summed E-state index contributed by atoms with van der Waals surface area (Å²) in [5.41, 5.74) is 2.32. The van der Waals surface area contributed by atoms with Crippen LogP contribution in [0.1, 0.15) is 28.9 Å². The van der Waals surface area contributed by atoms with Crippen molar-refractivity contribution in [2.45, 2.75) is 19.8 Å². The maximum atomic E-state index is 12.7. The molecule has 3 amide bonds. The van der Waals surface area contributed by atoms with Crippen molar-refractivity contribution in [1.82, 2.24) is 9.78 Å². The van der Waals surface area contributed by atoms with Crippen LogP contribution in [0.5, 0.6) is 0 Å². The second-order valence-electron chi connectivity index (χ2n) is 6.69. The topological polar surface area (TPSA) is 84.3 Å². The highest BCUT2D eigenvalue weighted by Gasteiger charge is 2.30. The lowest BCUT2D eigenvalue weighted by atomic mass is 10.2. The number of carbonyl (C=O) groups excluding carboxylic acids is 3. The number of carbonyl (C=O) groups is 3. The minimum absolute atomic E-state index is 0.216. The van der Waals surface area contributed by atoms with E-state index in [2.05, 4.69) is 10.4 Å². The molecule has 1 aliphatic rings. The molecule has 146 valence electrons. The number of aromatic nitrogens is 2. The SMILES string of the molecule is Cc1cc(NC(=O)c2ccc(N3C(=O)CCC3=O)cc2)n(-c2cccc(Cl)c2)n1. The number of amides is 3. The fourth-order valence-corrected chi connectivity index (χ4v) is 3.39. The molecule has 1 aliphatic heterocycles. The number of nitrogens with zero attached hydrogens (tertiary/aromatic N) is 3. The van der Waals surface area contributed by atoms with Crippen molar-refractivity contribution < 1.29 is 14.4 Å². The summed E-state index contributed by atoms with van der Waals surface area (Å²) in [5, 5.41) is 7.82. The minimum Gasteiger partial charge on any atom is -0.306 e. The van der Waals surface area contributed by atoms with Crippen LogP contribution in [0, 0.1) is 6.92 Å². The highest BCUT2D eigenvalue weighted by molar-refractivity contribution is 6.30. The predicted molar refractivity (Wildman–Crippen MR) is 109 cm³/mol. The molecule has 0 aliphatic carbocycles. The van der Waals surface area contributed by atoms with E-state index in [0.717, 1.165) is 16.3 Å². The van der Waals surface area contributed by atoms with Crippen molar-refractivity contribution in [3.05, 3.63) is 70.9 Å². The Bertz CT molecular complexity index is 1110. The summed E-state index contributed by atoms with van der Waals surface area (Å²) >= 11 is 6.06. The smallest absolute Gasteiger partial charge is 0.256 e. The van der Waals surface area contributed by atoms with Gasteiger partial charge in [0.1, 0.15) is 5.82 Å². The Morgan fingerprint density at radius 3 is 2.34 bits per heavy atom. The maximum Gasteiger partial charge on any atom is 0.256 e. The zero-order valence-electron chi connectivity index (χ0n) is 15.6. The van der Waals surface area contributed by atoms with Crippen LogP contribution in [0.15, 0.2) is 54.6 Å². The predicted octanol–water partition coefficient (Wildman–Crippen LogP) is 3.74. The fraction of sp³-hybridized carbons (Fsp3) is 0.143. The fourth-order valence-electron chi connectivity index (χ4n) is 3.21. The number of halogens is 1. The van der Waals surface area contributed by atoms with Gasteiger partial charge in [-0.05, 0) is 49.4 Å². The van der Waals surface area contributed by atoms with Gasteiger partial charge >= 0.3 is 0 Å². The normalized spacial score (nSPS) is 13.8. The van der Waals surface area contributed by atoms with Gasteiger partial charge in [-0.3, -0.25) is 19.3 Å². The Morgan fingerprint density at radius 2 is 1.69 bits per heavy atom. The molecule has 0 atom stereocenters. The molecule has 1 N–H and O–H groups in total. The van der Waals surface area contributed by atoms with Crippen LogP contribution in [0.25, 0.3) is 5.69 Å². The van der Waals surface area contributed by atoms with E-state index < -0.39 is 0 Å². The van der Waals surface area contributed by atoms with Crippen LogP contribution in [0.3, 0.4) is 0 Å². The molecule has 1 fully saturated rings. The minimum atomic E-state index is -0.334. The lowest BCUT2D eigenvalue weighted by Crippen LogP contribution is -2.28. The van der Waals surface area contributed by atoms with Crippen molar-refractivity contribution in [2.24, 2.45) is 0 Å². The molecule has 0 saturated carbocycles. The van der Waals surface area contributed by atoms with E-state index in [0.29, 0.717) is 22.1 Å². The Morgan fingerprint density at radius 1 is 1.00 bits per heavy atom. The molecule has 0 bridgehead atoms. The number of hydrogen-bond acceptors (Lipinski definition) is 4. The number of aryl methyl sites for hydroxylation is 1. The Labute approximate surface area is 171 Å². The zero-order valence-corrected chi connectivity index (χ0v) is 16.3. The molecule has 8 heteroatoms. The first-order chi connectivity index (χ1) is 13.9. The molecule has 7 nitrogen and oxygen atoms in total. The van der Waals surface area contributed by atoms with Gasteiger partial charge in [0.05, 0.1) is 17.1 Å². The summed E-state index contributed by atoms with van der Waals surface area (Å²) in [5.74, 6) is -0.288. The van der Waals surface area contributed by atoms with Gasteiger partial charge in [0.15, 0.2) is 0 Å². The molecule has 4 rings (SSSR count). The quantitative estimate of drug-likeness (QED) is 0.666. The number of anilines is 2. The molecule has 1 saturated heterocycles. The highest BCUT2D eigenvalue weighted by Crippen LogP contribution is 2.24. The molecule has 1 aromatic heterocycles. The van der Waals surface area contributed by atoms with Gasteiger partial charge in [0.25, 0.3) is 5.91 Å². The third kappa shape index (κ3) is 3.77. The van der Waals surface area contributed by atoms with Crippen molar-refractivity contribution >= 4 is 40.8 Å². The van der Waals surface area contributed by atoms with E-state index in [1.807, 2.05) is 13.0 Å². The van der Waals surface area contributed by atoms with Crippen molar-refractivity contribution in [1.29, 1.82) is 0 Å². The summed E-state index contributed by atoms with van der Waals surface area (Å²) in [7, 11) is 0. The van der Waals surface area contributed by atoms with Crippen LogP contribution < -0.4 is 10.2 Å². The second-order valence-corrected chi connectivity index (χ2v) is 7.12. The van der Waals surface area contributed by atoms with Crippen LogP contribution in [0.2, 0.25) is 5.02 Å². The van der Waals surface area contributed by atoms with E-state index in [1.54, 1.807) is 53.2 Å². The number of rotatable bonds is 4. The summed E-state index contributed by atoms with van der Waals surface area (Å²) in [6.45, 7) is 1.83. The summed E-state index contributed by atoms with van der Waals surface area (Å²) in [6, 6.07) is 15.3. The third-order valence-electron chi connectivity index (χ3n) is 4.57. The van der Waals surface area contributed by atoms with Gasteiger partial charge < -0.3 is 5.32 Å². The van der Waals surface area contributed by atoms with Gasteiger partial charge in [-0.2, -0.15) is 5.10 Å². The monoisotopic (exact) mass is 408 g/mol. The molecule has 0 spiro atoms. The summed E-state index contributed by atoms with van der Waals surface area (Å²) in [6.07, 6.45) is 0.432. The van der Waals surface area contributed by atoms with E-state index in [1.165, 1.54) is 0 Å². The number of benzene rings is 2. The second kappa shape index (κ2) is 7.52. The maximum absolute atomic E-state index is 12.7. The average Bonchev–Trinajstić information content (AvgIpc) is 3.23. The molecule has 29 heavy (non-hydrogen) atoms.